The SMILES string of the molecule is CCOC(=O)c1c(C#N)c2ccccn2c1-c1ccc(OC)cc1. The molecule has 120 valence electrons. The minimum Gasteiger partial charge on any atom is -0.497 e. The molecule has 0 unspecified atom stereocenters. The molecule has 0 saturated heterocycles. The Hall–Kier alpha value is -3.26. The van der Waals surface area contributed by atoms with E-state index in [0.29, 0.717) is 16.8 Å². The number of pyridine rings is 1. The smallest absolute Gasteiger partial charge is 0.341 e. The number of nitrogens with zero attached hydrogens (tertiary/aromatic N) is 2. The number of esters is 1. The molecule has 0 radical (unpaired) electrons. The van der Waals surface area contributed by atoms with Crippen LogP contribution in [0.5, 0.6) is 5.75 Å². The minimum absolute atomic E-state index is 0.248. The quantitative estimate of drug-likeness (QED) is 0.688. The van der Waals surface area contributed by atoms with E-state index >= 15 is 0 Å². The summed E-state index contributed by atoms with van der Waals surface area (Å²) in [4.78, 5) is 12.5. The van der Waals surface area contributed by atoms with Gasteiger partial charge in [-0.1, -0.05) is 6.07 Å². The number of methoxy groups -OCH3 is 1. The van der Waals surface area contributed by atoms with Crippen LogP contribution in [-0.4, -0.2) is 24.1 Å². The molecule has 0 aliphatic heterocycles. The van der Waals surface area contributed by atoms with Crippen LogP contribution in [0.1, 0.15) is 22.8 Å². The molecular formula is C19H16N2O3. The Morgan fingerprint density at radius 3 is 2.58 bits per heavy atom. The van der Waals surface area contributed by atoms with E-state index in [1.54, 1.807) is 14.0 Å². The second-order valence-corrected chi connectivity index (χ2v) is 5.12. The first-order valence-electron chi connectivity index (χ1n) is 7.56. The lowest BCUT2D eigenvalue weighted by molar-refractivity contribution is 0.0527. The number of fused-ring (bicyclic) bond motifs is 1. The summed E-state index contributed by atoms with van der Waals surface area (Å²) >= 11 is 0. The van der Waals surface area contributed by atoms with Crippen LogP contribution in [0.4, 0.5) is 0 Å². The monoisotopic (exact) mass is 320 g/mol. The zero-order chi connectivity index (χ0) is 17.1. The van der Waals surface area contributed by atoms with E-state index in [1.165, 1.54) is 0 Å². The largest absolute Gasteiger partial charge is 0.497 e. The van der Waals surface area contributed by atoms with Crippen molar-refractivity contribution in [3.63, 3.8) is 0 Å². The molecule has 5 heteroatoms. The Kier molecular flexibility index (Phi) is 4.21. The molecule has 24 heavy (non-hydrogen) atoms. The maximum atomic E-state index is 12.5. The highest BCUT2D eigenvalue weighted by atomic mass is 16.5. The van der Waals surface area contributed by atoms with Gasteiger partial charge >= 0.3 is 5.97 Å². The van der Waals surface area contributed by atoms with Crippen molar-refractivity contribution in [3.05, 3.63) is 59.8 Å². The molecule has 0 fully saturated rings. The lowest BCUT2D eigenvalue weighted by Crippen LogP contribution is -2.07. The third kappa shape index (κ3) is 2.48. The van der Waals surface area contributed by atoms with E-state index in [9.17, 15) is 10.1 Å². The first kappa shape index (κ1) is 15.6. The second kappa shape index (κ2) is 6.47. The number of aromatic nitrogens is 1. The predicted molar refractivity (Wildman–Crippen MR) is 90.1 cm³/mol. The van der Waals surface area contributed by atoms with Crippen LogP contribution in [-0.2, 0) is 4.74 Å². The molecule has 0 bridgehead atoms. The van der Waals surface area contributed by atoms with Crippen LogP contribution in [0, 0.1) is 11.3 Å². The van der Waals surface area contributed by atoms with Gasteiger partial charge in [-0.15, -0.1) is 0 Å². The van der Waals surface area contributed by atoms with Crippen molar-refractivity contribution in [3.8, 4) is 23.1 Å². The van der Waals surface area contributed by atoms with Crippen molar-refractivity contribution in [2.45, 2.75) is 6.92 Å². The normalized spacial score (nSPS) is 10.4. The number of benzene rings is 1. The van der Waals surface area contributed by atoms with E-state index < -0.39 is 5.97 Å². The number of rotatable bonds is 4. The summed E-state index contributed by atoms with van der Waals surface area (Å²) in [7, 11) is 1.60. The Morgan fingerprint density at radius 1 is 1.21 bits per heavy atom. The molecule has 1 aromatic carbocycles. The fourth-order valence-electron chi connectivity index (χ4n) is 2.76. The number of hydrogen-bond donors (Lipinski definition) is 0. The molecule has 0 amide bonds. The Labute approximate surface area is 139 Å². The van der Waals surface area contributed by atoms with Gasteiger partial charge in [-0.2, -0.15) is 5.26 Å². The fourth-order valence-corrected chi connectivity index (χ4v) is 2.76. The standard InChI is InChI=1S/C19H16N2O3/c1-3-24-19(22)17-15(12-20)16-6-4-5-11-21(16)18(17)13-7-9-14(23-2)10-8-13/h4-11H,3H2,1-2H3. The summed E-state index contributed by atoms with van der Waals surface area (Å²) in [5.41, 5.74) is 2.73. The van der Waals surface area contributed by atoms with E-state index in [2.05, 4.69) is 6.07 Å². The van der Waals surface area contributed by atoms with Gasteiger partial charge in [0.25, 0.3) is 0 Å². The molecule has 5 nitrogen and oxygen atoms in total. The zero-order valence-corrected chi connectivity index (χ0v) is 13.4. The molecule has 2 heterocycles. The van der Waals surface area contributed by atoms with Crippen molar-refractivity contribution < 1.29 is 14.3 Å². The molecule has 3 rings (SSSR count). The summed E-state index contributed by atoms with van der Waals surface area (Å²) in [5, 5.41) is 9.58. The molecule has 0 atom stereocenters. The number of nitriles is 1. The summed E-state index contributed by atoms with van der Waals surface area (Å²) < 4.78 is 12.2. The number of hydrogen-bond acceptors (Lipinski definition) is 4. The maximum absolute atomic E-state index is 12.5. The van der Waals surface area contributed by atoms with Gasteiger partial charge in [-0.3, -0.25) is 0 Å². The van der Waals surface area contributed by atoms with Gasteiger partial charge in [-0.25, -0.2) is 4.79 Å². The fraction of sp³-hybridized carbons (Fsp3) is 0.158. The Bertz CT molecular complexity index is 934. The minimum atomic E-state index is -0.497. The van der Waals surface area contributed by atoms with E-state index in [1.807, 2.05) is 53.1 Å². The van der Waals surface area contributed by atoms with Crippen molar-refractivity contribution >= 4 is 11.5 Å². The first-order valence-corrected chi connectivity index (χ1v) is 7.56. The zero-order valence-electron chi connectivity index (χ0n) is 13.4. The number of carbonyl (C=O) groups is 1. The van der Waals surface area contributed by atoms with E-state index in [-0.39, 0.29) is 12.2 Å². The van der Waals surface area contributed by atoms with E-state index in [0.717, 1.165) is 11.3 Å². The number of ether oxygens (including phenoxy) is 2. The second-order valence-electron chi connectivity index (χ2n) is 5.12. The van der Waals surface area contributed by atoms with Gasteiger partial charge in [0.2, 0.25) is 0 Å². The average Bonchev–Trinajstić information content (AvgIpc) is 2.96. The van der Waals surface area contributed by atoms with Crippen LogP contribution >= 0.6 is 0 Å². The Balaban J connectivity index is 2.33. The van der Waals surface area contributed by atoms with Gasteiger partial charge in [0.05, 0.1) is 30.5 Å². The van der Waals surface area contributed by atoms with Crippen LogP contribution < -0.4 is 4.74 Å². The van der Waals surface area contributed by atoms with Gasteiger partial charge in [0.1, 0.15) is 17.4 Å². The average molecular weight is 320 g/mol. The van der Waals surface area contributed by atoms with Crippen molar-refractivity contribution in [1.29, 1.82) is 5.26 Å². The summed E-state index contributed by atoms with van der Waals surface area (Å²) in [5.74, 6) is 0.223. The van der Waals surface area contributed by atoms with Gasteiger partial charge in [0.15, 0.2) is 0 Å². The molecule has 3 aromatic rings. The molecule has 2 aromatic heterocycles. The molecule has 0 aliphatic rings. The molecule has 0 N–H and O–H groups in total. The predicted octanol–water partition coefficient (Wildman–Crippen LogP) is 3.66. The summed E-state index contributed by atoms with van der Waals surface area (Å²) in [6, 6.07) is 15.0. The first-order chi connectivity index (χ1) is 11.7. The van der Waals surface area contributed by atoms with E-state index in [4.69, 9.17) is 9.47 Å². The van der Waals surface area contributed by atoms with Gasteiger partial charge < -0.3 is 13.9 Å². The third-order valence-corrected chi connectivity index (χ3v) is 3.80. The highest BCUT2D eigenvalue weighted by Crippen LogP contribution is 2.33. The maximum Gasteiger partial charge on any atom is 0.341 e. The molecular weight excluding hydrogens is 304 g/mol. The molecule has 0 aliphatic carbocycles. The lowest BCUT2D eigenvalue weighted by atomic mass is 10.0. The van der Waals surface area contributed by atoms with Gasteiger partial charge in [0, 0.05) is 6.20 Å². The van der Waals surface area contributed by atoms with Gasteiger partial charge in [-0.05, 0) is 48.9 Å². The van der Waals surface area contributed by atoms with Crippen molar-refractivity contribution in [1.82, 2.24) is 4.40 Å². The van der Waals surface area contributed by atoms with Crippen LogP contribution in [0.2, 0.25) is 0 Å². The van der Waals surface area contributed by atoms with Crippen molar-refractivity contribution in [2.75, 3.05) is 13.7 Å². The molecule has 0 saturated carbocycles. The molecule has 0 spiro atoms. The Morgan fingerprint density at radius 2 is 1.96 bits per heavy atom. The van der Waals surface area contributed by atoms with Crippen LogP contribution in [0.15, 0.2) is 48.7 Å². The highest BCUT2D eigenvalue weighted by molar-refractivity contribution is 6.02. The topological polar surface area (TPSA) is 63.7 Å². The third-order valence-electron chi connectivity index (χ3n) is 3.80. The van der Waals surface area contributed by atoms with Crippen LogP contribution in [0.3, 0.4) is 0 Å². The lowest BCUT2D eigenvalue weighted by Gasteiger charge is -2.08. The van der Waals surface area contributed by atoms with Crippen LogP contribution in [0.25, 0.3) is 16.8 Å². The highest BCUT2D eigenvalue weighted by Gasteiger charge is 2.25. The van der Waals surface area contributed by atoms with Crippen molar-refractivity contribution in [2.24, 2.45) is 0 Å². The summed E-state index contributed by atoms with van der Waals surface area (Å²) in [6.45, 7) is 1.99. The summed E-state index contributed by atoms with van der Waals surface area (Å²) in [6.07, 6.45) is 1.83. The number of carbonyl (C=O) groups excluding carboxylic acids is 1.